The van der Waals surface area contributed by atoms with Crippen LogP contribution in [0.2, 0.25) is 15.2 Å². The van der Waals surface area contributed by atoms with Crippen LogP contribution in [-0.4, -0.2) is 13.4 Å². The Bertz CT molecular complexity index is 768. The van der Waals surface area contributed by atoms with Crippen molar-refractivity contribution in [1.29, 1.82) is 0 Å². The highest BCUT2D eigenvalue weighted by atomic mass is 35.5. The lowest BCUT2D eigenvalue weighted by molar-refractivity contribution is 0.600. The van der Waals surface area contributed by atoms with E-state index in [2.05, 4.69) is 9.71 Å². The van der Waals surface area contributed by atoms with Crippen LogP contribution in [0.4, 0.5) is 10.1 Å². The number of pyridine rings is 1. The van der Waals surface area contributed by atoms with Gasteiger partial charge in [-0.05, 0) is 24.3 Å². The topological polar surface area (TPSA) is 59.1 Å². The van der Waals surface area contributed by atoms with Gasteiger partial charge >= 0.3 is 0 Å². The Morgan fingerprint density at radius 1 is 1.10 bits per heavy atom. The fourth-order valence-corrected chi connectivity index (χ4v) is 2.80. The molecule has 0 bridgehead atoms. The highest BCUT2D eigenvalue weighted by Gasteiger charge is 2.17. The van der Waals surface area contributed by atoms with Crippen molar-refractivity contribution in [3.63, 3.8) is 0 Å². The minimum atomic E-state index is -3.95. The number of sulfonamides is 1. The summed E-state index contributed by atoms with van der Waals surface area (Å²) in [5.41, 5.74) is 0.0259. The summed E-state index contributed by atoms with van der Waals surface area (Å²) in [6, 6.07) is 4.67. The Morgan fingerprint density at radius 2 is 1.80 bits per heavy atom. The van der Waals surface area contributed by atoms with Gasteiger partial charge in [0.15, 0.2) is 0 Å². The molecule has 0 aliphatic rings. The van der Waals surface area contributed by atoms with Crippen LogP contribution in [0.3, 0.4) is 0 Å². The molecule has 20 heavy (non-hydrogen) atoms. The van der Waals surface area contributed by atoms with Gasteiger partial charge in [-0.1, -0.05) is 34.8 Å². The minimum Gasteiger partial charge on any atom is -0.279 e. The summed E-state index contributed by atoms with van der Waals surface area (Å²) in [7, 11) is -3.95. The molecule has 4 nitrogen and oxygen atoms in total. The van der Waals surface area contributed by atoms with Crippen LogP contribution in [0.15, 0.2) is 35.4 Å². The first-order valence-corrected chi connectivity index (χ1v) is 7.70. The van der Waals surface area contributed by atoms with Crippen molar-refractivity contribution >= 4 is 50.5 Å². The van der Waals surface area contributed by atoms with Crippen LogP contribution in [0, 0.1) is 5.82 Å². The summed E-state index contributed by atoms with van der Waals surface area (Å²) in [4.78, 5) is 3.45. The summed E-state index contributed by atoms with van der Waals surface area (Å²) in [6.45, 7) is 0. The van der Waals surface area contributed by atoms with E-state index in [1.807, 2.05) is 0 Å². The zero-order valence-corrected chi connectivity index (χ0v) is 12.7. The number of nitrogens with one attached hydrogen (secondary N) is 1. The van der Waals surface area contributed by atoms with Crippen LogP contribution >= 0.6 is 34.8 Å². The number of hydrogen-bond acceptors (Lipinski definition) is 3. The van der Waals surface area contributed by atoms with Crippen LogP contribution in [0.1, 0.15) is 0 Å². The normalized spacial score (nSPS) is 11.4. The van der Waals surface area contributed by atoms with Gasteiger partial charge in [0, 0.05) is 6.20 Å². The second-order valence-corrected chi connectivity index (χ2v) is 6.53. The van der Waals surface area contributed by atoms with Crippen molar-refractivity contribution in [3.05, 3.63) is 51.5 Å². The summed E-state index contributed by atoms with van der Waals surface area (Å²) in [5, 5.41) is -0.121. The van der Waals surface area contributed by atoms with E-state index in [-0.39, 0.29) is 25.8 Å². The van der Waals surface area contributed by atoms with E-state index < -0.39 is 15.8 Å². The maximum Gasteiger partial charge on any atom is 0.263 e. The first-order chi connectivity index (χ1) is 9.29. The largest absolute Gasteiger partial charge is 0.279 e. The van der Waals surface area contributed by atoms with E-state index in [1.165, 1.54) is 12.1 Å². The molecule has 2 rings (SSSR count). The molecule has 1 N–H and O–H groups in total. The van der Waals surface area contributed by atoms with E-state index in [1.54, 1.807) is 0 Å². The van der Waals surface area contributed by atoms with Crippen LogP contribution in [-0.2, 0) is 10.0 Å². The number of aromatic nitrogens is 1. The molecule has 0 atom stereocenters. The fourth-order valence-electron chi connectivity index (χ4n) is 1.32. The molecule has 0 saturated heterocycles. The average Bonchev–Trinajstić information content (AvgIpc) is 2.37. The molecule has 9 heteroatoms. The van der Waals surface area contributed by atoms with Crippen molar-refractivity contribution in [1.82, 2.24) is 4.98 Å². The first-order valence-electron chi connectivity index (χ1n) is 5.08. The molecule has 1 aromatic heterocycles. The van der Waals surface area contributed by atoms with Crippen LogP contribution in [0.25, 0.3) is 0 Å². The number of halogens is 4. The molecule has 2 aromatic rings. The minimum absolute atomic E-state index is 0.00294. The van der Waals surface area contributed by atoms with Crippen molar-refractivity contribution in [3.8, 4) is 0 Å². The van der Waals surface area contributed by atoms with Gasteiger partial charge in [-0.15, -0.1) is 0 Å². The number of nitrogens with zero attached hydrogens (tertiary/aromatic N) is 1. The van der Waals surface area contributed by atoms with Gasteiger partial charge in [0.2, 0.25) is 0 Å². The summed E-state index contributed by atoms with van der Waals surface area (Å²) < 4.78 is 39.5. The molecule has 106 valence electrons. The smallest absolute Gasteiger partial charge is 0.263 e. The van der Waals surface area contributed by atoms with Crippen LogP contribution < -0.4 is 4.72 Å². The van der Waals surface area contributed by atoms with E-state index in [9.17, 15) is 12.8 Å². The van der Waals surface area contributed by atoms with Crippen LogP contribution in [0.5, 0.6) is 0 Å². The van der Waals surface area contributed by atoms with Crippen molar-refractivity contribution in [2.75, 3.05) is 4.72 Å². The van der Waals surface area contributed by atoms with Crippen molar-refractivity contribution in [2.24, 2.45) is 0 Å². The Labute approximate surface area is 129 Å². The fraction of sp³-hybridized carbons (Fsp3) is 0. The monoisotopic (exact) mass is 354 g/mol. The molecule has 0 radical (unpaired) electrons. The average molecular weight is 356 g/mol. The molecule has 0 spiro atoms. The van der Waals surface area contributed by atoms with E-state index >= 15 is 0 Å². The second kappa shape index (κ2) is 5.73. The molecular formula is C11H6Cl3FN2O2S. The number of anilines is 1. The third-order valence-electron chi connectivity index (χ3n) is 2.25. The predicted octanol–water partition coefficient (Wildman–Crippen LogP) is 3.98. The lowest BCUT2D eigenvalue weighted by Crippen LogP contribution is -2.13. The molecule has 1 heterocycles. The number of hydrogen-bond donors (Lipinski definition) is 1. The van der Waals surface area contributed by atoms with E-state index in [4.69, 9.17) is 34.8 Å². The predicted molar refractivity (Wildman–Crippen MR) is 76.5 cm³/mol. The lowest BCUT2D eigenvalue weighted by atomic mass is 10.3. The zero-order chi connectivity index (χ0) is 14.9. The molecule has 0 aliphatic heterocycles. The molecule has 1 aromatic carbocycles. The molecule has 0 unspecified atom stereocenters. The van der Waals surface area contributed by atoms with Crippen molar-refractivity contribution < 1.29 is 12.8 Å². The maximum absolute atomic E-state index is 13.3. The van der Waals surface area contributed by atoms with Gasteiger partial charge in [0.05, 0.1) is 15.7 Å². The standard InChI is InChI=1S/C11H6Cl3FN2O2S/c12-8-2-1-6(3-10(8)15)17-20(18,19)7-4-9(13)11(14)16-5-7/h1-5,17H. The molecule has 0 fully saturated rings. The third-order valence-corrected chi connectivity index (χ3v) is 4.59. The third kappa shape index (κ3) is 3.32. The molecule has 0 aliphatic carbocycles. The van der Waals surface area contributed by atoms with E-state index in [0.29, 0.717) is 0 Å². The van der Waals surface area contributed by atoms with Gasteiger partial charge in [-0.2, -0.15) is 0 Å². The van der Waals surface area contributed by atoms with Gasteiger partial charge < -0.3 is 0 Å². The van der Waals surface area contributed by atoms with Gasteiger partial charge in [0.1, 0.15) is 15.9 Å². The summed E-state index contributed by atoms with van der Waals surface area (Å²) in [5.74, 6) is -0.737. The summed E-state index contributed by atoms with van der Waals surface area (Å²) >= 11 is 16.8. The maximum atomic E-state index is 13.3. The van der Waals surface area contributed by atoms with Gasteiger partial charge in [-0.25, -0.2) is 17.8 Å². The lowest BCUT2D eigenvalue weighted by Gasteiger charge is -2.08. The highest BCUT2D eigenvalue weighted by Crippen LogP contribution is 2.25. The molecular weight excluding hydrogens is 350 g/mol. The zero-order valence-electron chi connectivity index (χ0n) is 9.57. The second-order valence-electron chi connectivity index (χ2n) is 3.68. The summed E-state index contributed by atoms with van der Waals surface area (Å²) in [6.07, 6.45) is 1.04. The van der Waals surface area contributed by atoms with Crippen molar-refractivity contribution in [2.45, 2.75) is 4.90 Å². The van der Waals surface area contributed by atoms with E-state index in [0.717, 1.165) is 18.3 Å². The Hall–Kier alpha value is -1.08. The molecule has 0 amide bonds. The Balaban J connectivity index is 2.35. The highest BCUT2D eigenvalue weighted by molar-refractivity contribution is 7.92. The molecule has 0 saturated carbocycles. The Kier molecular flexibility index (Phi) is 4.39. The number of benzene rings is 1. The Morgan fingerprint density at radius 3 is 2.40 bits per heavy atom. The number of rotatable bonds is 3. The van der Waals surface area contributed by atoms with Gasteiger partial charge in [0.25, 0.3) is 10.0 Å². The SMILES string of the molecule is O=S(=O)(Nc1ccc(Cl)c(F)c1)c1cnc(Cl)c(Cl)c1. The van der Waals surface area contributed by atoms with Gasteiger partial charge in [-0.3, -0.25) is 4.72 Å². The quantitative estimate of drug-likeness (QED) is 0.847. The first kappa shape index (κ1) is 15.3.